The van der Waals surface area contributed by atoms with E-state index in [1.807, 2.05) is 4.72 Å². The van der Waals surface area contributed by atoms with Gasteiger partial charge in [-0.25, -0.2) is 13.5 Å². The Hall–Kier alpha value is -0.890. The first kappa shape index (κ1) is 13.5. The van der Waals surface area contributed by atoms with Gasteiger partial charge in [0.05, 0.1) is 6.61 Å². The predicted molar refractivity (Wildman–Crippen MR) is 60.1 cm³/mol. The molecule has 0 aliphatic heterocycles. The molecule has 7 heteroatoms. The molecule has 1 atom stereocenters. The Labute approximate surface area is 105 Å². The summed E-state index contributed by atoms with van der Waals surface area (Å²) in [6, 6.07) is 2.02. The van der Waals surface area contributed by atoms with Crippen molar-refractivity contribution in [1.29, 1.82) is 0 Å². The summed E-state index contributed by atoms with van der Waals surface area (Å²) in [5.41, 5.74) is -0.554. The van der Waals surface area contributed by atoms with Gasteiger partial charge in [0.25, 0.3) is 0 Å². The van der Waals surface area contributed by atoms with Crippen LogP contribution in [0.25, 0.3) is 0 Å². The van der Waals surface area contributed by atoms with Crippen LogP contribution >= 0.6 is 0 Å². The number of nitrogens with one attached hydrogen (secondary N) is 1. The number of benzene rings is 1. The van der Waals surface area contributed by atoms with Crippen LogP contribution in [0.4, 0.5) is 8.78 Å². The van der Waals surface area contributed by atoms with Crippen LogP contribution in [-0.4, -0.2) is 20.5 Å². The van der Waals surface area contributed by atoms with Crippen molar-refractivity contribution < 1.29 is 22.6 Å². The Balaban J connectivity index is 2.26. The fourth-order valence-corrected chi connectivity index (χ4v) is 2.20. The number of aliphatic hydroxyl groups excluding tert-OH is 1. The van der Waals surface area contributed by atoms with Gasteiger partial charge in [-0.15, -0.1) is 0 Å². The normalized spacial score (nSPS) is 18.7. The van der Waals surface area contributed by atoms with E-state index in [1.54, 1.807) is 0 Å². The van der Waals surface area contributed by atoms with E-state index >= 15 is 0 Å². The highest BCUT2D eigenvalue weighted by Crippen LogP contribution is 2.48. The summed E-state index contributed by atoms with van der Waals surface area (Å²) < 4.78 is 50.1. The molecule has 0 bridgehead atoms. The Morgan fingerprint density at radius 3 is 2.56 bits per heavy atom. The zero-order valence-electron chi connectivity index (χ0n) is 9.41. The first-order chi connectivity index (χ1) is 8.48. The fraction of sp³-hybridized carbons (Fsp3) is 0.455. The molecule has 0 aromatic heterocycles. The molecular weight excluding hydrogens is 264 g/mol. The van der Waals surface area contributed by atoms with Gasteiger partial charge in [-0.1, -0.05) is 0 Å². The first-order valence-electron chi connectivity index (χ1n) is 5.40. The zero-order valence-corrected chi connectivity index (χ0v) is 10.2. The monoisotopic (exact) mass is 276 g/mol. The summed E-state index contributed by atoms with van der Waals surface area (Å²) >= 11 is -2.52. The maximum atomic E-state index is 13.8. The van der Waals surface area contributed by atoms with Crippen molar-refractivity contribution in [2.75, 3.05) is 6.61 Å². The van der Waals surface area contributed by atoms with Gasteiger partial charge in [-0.05, 0) is 30.5 Å². The van der Waals surface area contributed by atoms with Crippen molar-refractivity contribution in [1.82, 2.24) is 4.72 Å². The lowest BCUT2D eigenvalue weighted by Gasteiger charge is -2.15. The molecule has 1 unspecified atom stereocenters. The summed E-state index contributed by atoms with van der Waals surface area (Å²) in [5, 5.41) is 9.19. The maximum absolute atomic E-state index is 13.8. The van der Waals surface area contributed by atoms with E-state index in [9.17, 15) is 22.6 Å². The average molecular weight is 276 g/mol. The minimum absolute atomic E-state index is 0.0609. The predicted octanol–water partition coefficient (Wildman–Crippen LogP) is 0.872. The minimum atomic E-state index is -2.52. The second-order valence-electron chi connectivity index (χ2n) is 4.42. The third-order valence-corrected chi connectivity index (χ3v) is 3.62. The van der Waals surface area contributed by atoms with Gasteiger partial charge in [0, 0.05) is 28.8 Å². The second-order valence-corrected chi connectivity index (χ2v) is 5.18. The third kappa shape index (κ3) is 2.59. The largest absolute Gasteiger partial charge is 0.760 e. The van der Waals surface area contributed by atoms with Crippen LogP contribution in [-0.2, 0) is 23.2 Å². The van der Waals surface area contributed by atoms with E-state index in [-0.39, 0.29) is 24.3 Å². The lowest BCUT2D eigenvalue weighted by Crippen LogP contribution is -2.19. The van der Waals surface area contributed by atoms with Crippen LogP contribution in [0.1, 0.15) is 24.0 Å². The van der Waals surface area contributed by atoms with Crippen LogP contribution in [0.2, 0.25) is 0 Å². The lowest BCUT2D eigenvalue weighted by molar-refractivity contribution is 0.251. The van der Waals surface area contributed by atoms with E-state index in [0.29, 0.717) is 12.8 Å². The van der Waals surface area contributed by atoms with Gasteiger partial charge in [0.15, 0.2) is 0 Å². The molecule has 100 valence electrons. The number of aliphatic hydroxyl groups is 1. The highest BCUT2D eigenvalue weighted by Gasteiger charge is 2.45. The second kappa shape index (κ2) is 5.00. The van der Waals surface area contributed by atoms with Crippen LogP contribution in [0.15, 0.2) is 12.1 Å². The fourth-order valence-electron chi connectivity index (χ4n) is 1.93. The van der Waals surface area contributed by atoms with Crippen molar-refractivity contribution in [2.24, 2.45) is 0 Å². The van der Waals surface area contributed by atoms with Gasteiger partial charge in [-0.3, -0.25) is 4.21 Å². The Bertz CT molecular complexity index is 491. The van der Waals surface area contributed by atoms with Gasteiger partial charge >= 0.3 is 0 Å². The van der Waals surface area contributed by atoms with Crippen molar-refractivity contribution in [2.45, 2.75) is 24.8 Å². The molecule has 0 radical (unpaired) electrons. The molecule has 1 saturated carbocycles. The molecule has 2 rings (SSSR count). The number of rotatable bonds is 5. The molecule has 0 saturated heterocycles. The van der Waals surface area contributed by atoms with Gasteiger partial charge in [0.1, 0.15) is 11.6 Å². The number of hydrogen-bond donors (Lipinski definition) is 2. The quantitative estimate of drug-likeness (QED) is 0.784. The topological polar surface area (TPSA) is 72.4 Å². The molecule has 0 amide bonds. The Kier molecular flexibility index (Phi) is 3.76. The third-order valence-electron chi connectivity index (χ3n) is 3.24. The molecule has 0 heterocycles. The average Bonchev–Trinajstić information content (AvgIpc) is 3.10. The molecule has 1 aromatic carbocycles. The molecule has 18 heavy (non-hydrogen) atoms. The van der Waals surface area contributed by atoms with Crippen molar-refractivity contribution in [3.8, 4) is 0 Å². The highest BCUT2D eigenvalue weighted by atomic mass is 32.2. The molecule has 4 nitrogen and oxygen atoms in total. The van der Waals surface area contributed by atoms with Crippen LogP contribution < -0.4 is 4.72 Å². The molecule has 1 aliphatic rings. The number of hydrogen-bond acceptors (Lipinski definition) is 3. The van der Waals surface area contributed by atoms with Gasteiger partial charge in [-0.2, -0.15) is 0 Å². The van der Waals surface area contributed by atoms with Crippen molar-refractivity contribution >= 4 is 11.3 Å². The maximum Gasteiger partial charge on any atom is 0.128 e. The van der Waals surface area contributed by atoms with Crippen molar-refractivity contribution in [3.05, 3.63) is 34.9 Å². The summed E-state index contributed by atoms with van der Waals surface area (Å²) in [5.74, 6) is -1.29. The smallest absolute Gasteiger partial charge is 0.128 e. The van der Waals surface area contributed by atoms with Crippen LogP contribution in [0.3, 0.4) is 0 Å². The number of halogens is 2. The zero-order chi connectivity index (χ0) is 13.3. The standard InChI is InChI=1S/C11H13F2NO3S/c12-9-4-8(11(6-15)1-2-11)10(13)3-7(9)5-14-18(16)17/h3-4,14-15H,1-2,5-6H2,(H,16,17)/p-1. The van der Waals surface area contributed by atoms with Gasteiger partial charge in [0.2, 0.25) is 0 Å². The Morgan fingerprint density at radius 2 is 2.06 bits per heavy atom. The first-order valence-corrected chi connectivity index (χ1v) is 6.48. The summed E-state index contributed by atoms with van der Waals surface area (Å²) in [7, 11) is 0. The van der Waals surface area contributed by atoms with Crippen LogP contribution in [0.5, 0.6) is 0 Å². The molecule has 2 N–H and O–H groups in total. The SMILES string of the molecule is O=S([O-])NCc1cc(F)c(C2(CO)CC2)cc1F. The highest BCUT2D eigenvalue weighted by molar-refractivity contribution is 7.77. The van der Waals surface area contributed by atoms with E-state index < -0.39 is 28.3 Å². The summed E-state index contributed by atoms with van der Waals surface area (Å²) in [6.07, 6.45) is 1.25. The van der Waals surface area contributed by atoms with Gasteiger partial charge < -0.3 is 9.66 Å². The van der Waals surface area contributed by atoms with Crippen molar-refractivity contribution in [3.63, 3.8) is 0 Å². The van der Waals surface area contributed by atoms with E-state index in [2.05, 4.69) is 0 Å². The molecule has 1 fully saturated rings. The Morgan fingerprint density at radius 1 is 1.39 bits per heavy atom. The molecule has 1 aliphatic carbocycles. The summed E-state index contributed by atoms with van der Waals surface area (Å²) in [4.78, 5) is 0. The summed E-state index contributed by atoms with van der Waals surface area (Å²) in [6.45, 7) is -0.517. The minimum Gasteiger partial charge on any atom is -0.760 e. The molecular formula is C11H12F2NO3S-. The lowest BCUT2D eigenvalue weighted by atomic mass is 9.95. The van der Waals surface area contributed by atoms with E-state index in [4.69, 9.17) is 0 Å². The molecule has 0 spiro atoms. The molecule has 1 aromatic rings. The van der Waals surface area contributed by atoms with E-state index in [0.717, 1.165) is 12.1 Å². The van der Waals surface area contributed by atoms with Crippen LogP contribution in [0, 0.1) is 11.6 Å². The van der Waals surface area contributed by atoms with E-state index in [1.165, 1.54) is 0 Å².